The van der Waals surface area contributed by atoms with Gasteiger partial charge in [0.25, 0.3) is 0 Å². The van der Waals surface area contributed by atoms with Crippen molar-refractivity contribution in [1.29, 1.82) is 0 Å². The van der Waals surface area contributed by atoms with E-state index in [0.29, 0.717) is 11.5 Å². The Morgan fingerprint density at radius 3 is 2.42 bits per heavy atom. The molecule has 2 saturated heterocycles. The van der Waals surface area contributed by atoms with Crippen LogP contribution in [0.4, 0.5) is 0 Å². The van der Waals surface area contributed by atoms with Crippen LogP contribution in [0.25, 0.3) is 0 Å². The maximum absolute atomic E-state index is 5.65. The first-order chi connectivity index (χ1) is 9.10. The highest BCUT2D eigenvalue weighted by atomic mass is 16.5. The molecule has 0 saturated carbocycles. The highest BCUT2D eigenvalue weighted by Crippen LogP contribution is 2.42. The Morgan fingerprint density at radius 2 is 1.84 bits per heavy atom. The second-order valence-electron chi connectivity index (χ2n) is 6.80. The van der Waals surface area contributed by atoms with Gasteiger partial charge in [0.15, 0.2) is 0 Å². The average Bonchev–Trinajstić information content (AvgIpc) is 2.40. The molecule has 2 heterocycles. The monoisotopic (exact) mass is 269 g/mol. The Labute approximate surface area is 118 Å². The maximum Gasteiger partial charge on any atom is 0.0596 e. The van der Waals surface area contributed by atoms with Gasteiger partial charge in [0.2, 0.25) is 0 Å². The molecule has 3 heteroatoms. The third-order valence-corrected chi connectivity index (χ3v) is 5.07. The molecule has 112 valence electrons. The van der Waals surface area contributed by atoms with Crippen molar-refractivity contribution in [3.63, 3.8) is 0 Å². The summed E-state index contributed by atoms with van der Waals surface area (Å²) in [4.78, 5) is 2.57. The van der Waals surface area contributed by atoms with Crippen LogP contribution in [0, 0.1) is 11.3 Å². The molecule has 0 amide bonds. The Hall–Kier alpha value is -0.120. The molecule has 2 aliphatic rings. The quantitative estimate of drug-likeness (QED) is 0.766. The van der Waals surface area contributed by atoms with E-state index >= 15 is 0 Å². The minimum atomic E-state index is 0.360. The van der Waals surface area contributed by atoms with Gasteiger partial charge < -0.3 is 14.4 Å². The molecule has 0 bridgehead atoms. The summed E-state index contributed by atoms with van der Waals surface area (Å²) in [6.45, 7) is 13.1. The average molecular weight is 269 g/mol. The Morgan fingerprint density at radius 1 is 1.21 bits per heavy atom. The van der Waals surface area contributed by atoms with Gasteiger partial charge in [-0.25, -0.2) is 0 Å². The zero-order valence-corrected chi connectivity index (χ0v) is 13.0. The van der Waals surface area contributed by atoms with Crippen molar-refractivity contribution in [2.24, 2.45) is 11.3 Å². The number of hydrogen-bond donors (Lipinski definition) is 0. The van der Waals surface area contributed by atoms with Crippen LogP contribution in [-0.4, -0.2) is 50.5 Å². The van der Waals surface area contributed by atoms with Crippen molar-refractivity contribution in [1.82, 2.24) is 4.90 Å². The van der Waals surface area contributed by atoms with E-state index in [1.54, 1.807) is 0 Å². The highest BCUT2D eigenvalue weighted by Gasteiger charge is 2.37. The lowest BCUT2D eigenvalue weighted by Gasteiger charge is -2.44. The summed E-state index contributed by atoms with van der Waals surface area (Å²) in [6, 6.07) is 0. The lowest BCUT2D eigenvalue weighted by Crippen LogP contribution is -2.43. The van der Waals surface area contributed by atoms with E-state index < -0.39 is 0 Å². The number of ether oxygens (including phenoxy) is 2. The van der Waals surface area contributed by atoms with Crippen molar-refractivity contribution in [3.05, 3.63) is 0 Å². The van der Waals surface area contributed by atoms with Gasteiger partial charge in [0, 0.05) is 19.8 Å². The number of hydrogen-bond acceptors (Lipinski definition) is 3. The van der Waals surface area contributed by atoms with Crippen LogP contribution in [0.2, 0.25) is 0 Å². The molecule has 2 rings (SSSR count). The molecule has 0 atom stereocenters. The molecule has 0 radical (unpaired) electrons. The SMILES string of the molecule is CC(C)OCCN1CCC(C2(C)CCOCC2)CC1. The summed E-state index contributed by atoms with van der Waals surface area (Å²) in [5.41, 5.74) is 0.540. The van der Waals surface area contributed by atoms with Crippen LogP contribution in [0.3, 0.4) is 0 Å². The second-order valence-corrected chi connectivity index (χ2v) is 6.80. The molecule has 0 aromatic carbocycles. The number of nitrogens with zero attached hydrogens (tertiary/aromatic N) is 1. The molecule has 2 fully saturated rings. The standard InChI is InChI=1S/C16H31NO2/c1-14(2)19-13-10-17-8-4-15(5-9-17)16(3)6-11-18-12-7-16/h14-15H,4-13H2,1-3H3. The predicted octanol–water partition coefficient (Wildman–Crippen LogP) is 2.94. The van der Waals surface area contributed by atoms with Crippen molar-refractivity contribution >= 4 is 0 Å². The van der Waals surface area contributed by atoms with E-state index in [4.69, 9.17) is 9.47 Å². The lowest BCUT2D eigenvalue weighted by atomic mass is 9.68. The lowest BCUT2D eigenvalue weighted by molar-refractivity contribution is -0.0285. The van der Waals surface area contributed by atoms with Crippen LogP contribution in [-0.2, 0) is 9.47 Å². The molecular formula is C16H31NO2. The summed E-state index contributed by atoms with van der Waals surface area (Å²) >= 11 is 0. The first-order valence-electron chi connectivity index (χ1n) is 8.02. The van der Waals surface area contributed by atoms with E-state index in [-0.39, 0.29) is 0 Å². The number of piperidine rings is 1. The first-order valence-corrected chi connectivity index (χ1v) is 8.02. The maximum atomic E-state index is 5.65. The minimum Gasteiger partial charge on any atom is -0.381 e. The molecule has 0 spiro atoms. The third-order valence-electron chi connectivity index (χ3n) is 5.07. The minimum absolute atomic E-state index is 0.360. The fourth-order valence-corrected chi connectivity index (χ4v) is 3.52. The molecule has 0 unspecified atom stereocenters. The number of rotatable bonds is 5. The van der Waals surface area contributed by atoms with Gasteiger partial charge in [-0.05, 0) is 64.0 Å². The van der Waals surface area contributed by atoms with Crippen molar-refractivity contribution < 1.29 is 9.47 Å². The fourth-order valence-electron chi connectivity index (χ4n) is 3.52. The van der Waals surface area contributed by atoms with Gasteiger partial charge >= 0.3 is 0 Å². The van der Waals surface area contributed by atoms with Crippen LogP contribution in [0.5, 0.6) is 0 Å². The van der Waals surface area contributed by atoms with Gasteiger partial charge in [-0.1, -0.05) is 6.92 Å². The van der Waals surface area contributed by atoms with Crippen LogP contribution in [0.15, 0.2) is 0 Å². The topological polar surface area (TPSA) is 21.7 Å². The Kier molecular flexibility index (Phi) is 5.67. The fraction of sp³-hybridized carbons (Fsp3) is 1.00. The van der Waals surface area contributed by atoms with Crippen LogP contribution in [0.1, 0.15) is 46.5 Å². The van der Waals surface area contributed by atoms with Gasteiger partial charge in [0.05, 0.1) is 12.7 Å². The van der Waals surface area contributed by atoms with E-state index in [2.05, 4.69) is 25.7 Å². The molecule has 19 heavy (non-hydrogen) atoms. The zero-order chi connectivity index (χ0) is 13.7. The van der Waals surface area contributed by atoms with Crippen molar-refractivity contribution in [2.45, 2.75) is 52.6 Å². The van der Waals surface area contributed by atoms with Crippen molar-refractivity contribution in [3.8, 4) is 0 Å². The number of likely N-dealkylation sites (tertiary alicyclic amines) is 1. The van der Waals surface area contributed by atoms with Gasteiger partial charge in [0.1, 0.15) is 0 Å². The summed E-state index contributed by atoms with van der Waals surface area (Å²) in [5, 5.41) is 0. The highest BCUT2D eigenvalue weighted by molar-refractivity contribution is 4.88. The van der Waals surface area contributed by atoms with Crippen LogP contribution >= 0.6 is 0 Å². The zero-order valence-electron chi connectivity index (χ0n) is 13.0. The summed E-state index contributed by atoms with van der Waals surface area (Å²) in [6.07, 6.45) is 5.59. The van der Waals surface area contributed by atoms with E-state index in [9.17, 15) is 0 Å². The predicted molar refractivity (Wildman–Crippen MR) is 78.4 cm³/mol. The normalized spacial score (nSPS) is 25.9. The smallest absolute Gasteiger partial charge is 0.0596 e. The van der Waals surface area contributed by atoms with Gasteiger partial charge in [-0.3, -0.25) is 0 Å². The molecule has 0 aliphatic carbocycles. The van der Waals surface area contributed by atoms with E-state index in [1.165, 1.54) is 38.8 Å². The largest absolute Gasteiger partial charge is 0.381 e. The van der Waals surface area contributed by atoms with Gasteiger partial charge in [-0.2, -0.15) is 0 Å². The van der Waals surface area contributed by atoms with Gasteiger partial charge in [-0.15, -0.1) is 0 Å². The van der Waals surface area contributed by atoms with E-state index in [0.717, 1.165) is 32.3 Å². The molecular weight excluding hydrogens is 238 g/mol. The third kappa shape index (κ3) is 4.44. The molecule has 0 N–H and O–H groups in total. The summed E-state index contributed by atoms with van der Waals surface area (Å²) in [7, 11) is 0. The summed E-state index contributed by atoms with van der Waals surface area (Å²) in [5.74, 6) is 0.902. The summed E-state index contributed by atoms with van der Waals surface area (Å²) < 4.78 is 11.2. The molecule has 3 nitrogen and oxygen atoms in total. The molecule has 0 aromatic heterocycles. The van der Waals surface area contributed by atoms with Crippen molar-refractivity contribution in [2.75, 3.05) is 39.5 Å². The Bertz CT molecular complexity index is 253. The van der Waals surface area contributed by atoms with E-state index in [1.807, 2.05) is 0 Å². The first kappa shape index (κ1) is 15.3. The second kappa shape index (κ2) is 7.05. The molecule has 2 aliphatic heterocycles. The van der Waals surface area contributed by atoms with Crippen LogP contribution < -0.4 is 0 Å². The Balaban J connectivity index is 1.70. The molecule has 0 aromatic rings.